The number of nitrogens with zero attached hydrogens (tertiary/aromatic N) is 3. The molecule has 1 N–H and O–H groups in total. The minimum absolute atomic E-state index is 0.194. The Morgan fingerprint density at radius 1 is 1.00 bits per heavy atom. The van der Waals surface area contributed by atoms with Crippen LogP contribution in [0.4, 0.5) is 10.6 Å². The summed E-state index contributed by atoms with van der Waals surface area (Å²) in [6.07, 6.45) is 0.391. The summed E-state index contributed by atoms with van der Waals surface area (Å²) in [6.45, 7) is 8.14. The number of methoxy groups -OCH3 is 1. The van der Waals surface area contributed by atoms with Gasteiger partial charge in [-0.1, -0.05) is 42.0 Å². The van der Waals surface area contributed by atoms with Crippen molar-refractivity contribution in [2.24, 2.45) is 0 Å². The van der Waals surface area contributed by atoms with E-state index in [1.807, 2.05) is 69.3 Å². The number of carboxylic acid groups (broad SMARTS) is 1. The molecule has 1 aromatic heterocycles. The predicted molar refractivity (Wildman–Crippen MR) is 166 cm³/mol. The number of aryl methyl sites for hydroxylation is 2. The van der Waals surface area contributed by atoms with E-state index < -0.39 is 5.97 Å². The lowest BCUT2D eigenvalue weighted by Crippen LogP contribution is -2.38. The summed E-state index contributed by atoms with van der Waals surface area (Å²) < 4.78 is 11.7. The Balaban J connectivity index is 1.41. The lowest BCUT2D eigenvalue weighted by atomic mass is 9.93. The number of carbonyl (C=O) groups is 2. The van der Waals surface area contributed by atoms with Gasteiger partial charge in [0.2, 0.25) is 0 Å². The Hall–Kier alpha value is -4.85. The fourth-order valence-electron chi connectivity index (χ4n) is 5.95. The lowest BCUT2D eigenvalue weighted by molar-refractivity contribution is 0.0696. The van der Waals surface area contributed by atoms with E-state index in [1.54, 1.807) is 24.1 Å². The van der Waals surface area contributed by atoms with Crippen LogP contribution in [0.5, 0.6) is 5.75 Å². The number of pyridine rings is 1. The van der Waals surface area contributed by atoms with E-state index in [9.17, 15) is 14.7 Å². The second-order valence-electron chi connectivity index (χ2n) is 11.3. The highest BCUT2D eigenvalue weighted by molar-refractivity contribution is 5.89. The van der Waals surface area contributed by atoms with Crippen LogP contribution in [0.15, 0.2) is 72.8 Å². The van der Waals surface area contributed by atoms with E-state index in [1.165, 1.54) is 0 Å². The van der Waals surface area contributed by atoms with Gasteiger partial charge in [-0.25, -0.2) is 14.6 Å². The number of rotatable bonds is 8. The van der Waals surface area contributed by atoms with Crippen molar-refractivity contribution in [3.8, 4) is 28.0 Å². The lowest BCUT2D eigenvalue weighted by Gasteiger charge is -2.33. The number of aromatic carboxylic acids is 1. The molecule has 2 fully saturated rings. The molecule has 0 aliphatic carbocycles. The van der Waals surface area contributed by atoms with Gasteiger partial charge in [0.15, 0.2) is 0 Å². The van der Waals surface area contributed by atoms with Crippen molar-refractivity contribution in [3.63, 3.8) is 0 Å². The van der Waals surface area contributed by atoms with Crippen LogP contribution < -0.4 is 9.64 Å². The Morgan fingerprint density at radius 3 is 2.47 bits per heavy atom. The topological polar surface area (TPSA) is 92.2 Å². The predicted octanol–water partition coefficient (Wildman–Crippen LogP) is 7.03. The van der Waals surface area contributed by atoms with Crippen molar-refractivity contribution in [2.75, 3.05) is 25.1 Å². The Morgan fingerprint density at radius 2 is 1.79 bits per heavy atom. The molecule has 4 aromatic rings. The average molecular weight is 578 g/mol. The summed E-state index contributed by atoms with van der Waals surface area (Å²) in [5, 5.41) is 9.43. The molecule has 0 spiro atoms. The van der Waals surface area contributed by atoms with Crippen LogP contribution in [0.25, 0.3) is 22.3 Å². The van der Waals surface area contributed by atoms with Gasteiger partial charge in [-0.05, 0) is 85.8 Å². The quantitative estimate of drug-likeness (QED) is 0.240. The van der Waals surface area contributed by atoms with Crippen LogP contribution >= 0.6 is 0 Å². The van der Waals surface area contributed by atoms with Gasteiger partial charge < -0.3 is 19.5 Å². The average Bonchev–Trinajstić information content (AvgIpc) is 3.24. The van der Waals surface area contributed by atoms with E-state index in [0.717, 1.165) is 70.0 Å². The third kappa shape index (κ3) is 5.41. The second kappa shape index (κ2) is 11.4. The number of aromatic nitrogens is 1. The van der Waals surface area contributed by atoms with Gasteiger partial charge in [0.05, 0.1) is 31.0 Å². The van der Waals surface area contributed by atoms with Gasteiger partial charge in [-0.15, -0.1) is 0 Å². The van der Waals surface area contributed by atoms with Crippen LogP contribution in [0.1, 0.15) is 52.2 Å². The van der Waals surface area contributed by atoms with Crippen LogP contribution in [-0.2, 0) is 11.3 Å². The molecule has 220 valence electrons. The minimum Gasteiger partial charge on any atom is -0.496 e. The fraction of sp³-hybridized carbons (Fsp3) is 0.286. The summed E-state index contributed by atoms with van der Waals surface area (Å²) in [6, 6.07) is 23.0. The molecule has 2 aliphatic rings. The highest BCUT2D eigenvalue weighted by Gasteiger charge is 2.40. The molecule has 43 heavy (non-hydrogen) atoms. The second-order valence-corrected chi connectivity index (χ2v) is 11.3. The number of anilines is 1. The summed E-state index contributed by atoms with van der Waals surface area (Å²) in [5.41, 5.74) is 7.52. The van der Waals surface area contributed by atoms with Gasteiger partial charge in [0, 0.05) is 24.2 Å². The third-order valence-electron chi connectivity index (χ3n) is 8.50. The number of hydrogen-bond acceptors (Lipinski definition) is 6. The van der Waals surface area contributed by atoms with E-state index in [-0.39, 0.29) is 30.3 Å². The maximum absolute atomic E-state index is 13.3. The van der Waals surface area contributed by atoms with Crippen molar-refractivity contribution in [3.05, 3.63) is 101 Å². The summed E-state index contributed by atoms with van der Waals surface area (Å²) >= 11 is 0. The monoisotopic (exact) mass is 577 g/mol. The van der Waals surface area contributed by atoms with Crippen molar-refractivity contribution >= 4 is 17.9 Å². The maximum Gasteiger partial charge on any atom is 0.411 e. The number of amides is 1. The molecular weight excluding hydrogens is 542 g/mol. The first kappa shape index (κ1) is 28.3. The highest BCUT2D eigenvalue weighted by Crippen LogP contribution is 2.40. The zero-order chi connectivity index (χ0) is 30.2. The van der Waals surface area contributed by atoms with Crippen LogP contribution in [0.2, 0.25) is 0 Å². The molecule has 0 radical (unpaired) electrons. The summed E-state index contributed by atoms with van der Waals surface area (Å²) in [4.78, 5) is 33.9. The Bertz CT molecular complexity index is 1710. The smallest absolute Gasteiger partial charge is 0.411 e. The van der Waals surface area contributed by atoms with E-state index >= 15 is 0 Å². The number of cyclic esters (lactones) is 1. The molecular formula is C35H35N3O5. The number of benzene rings is 3. The molecule has 8 nitrogen and oxygen atoms in total. The Labute approximate surface area is 251 Å². The van der Waals surface area contributed by atoms with E-state index in [0.29, 0.717) is 5.75 Å². The fourth-order valence-corrected chi connectivity index (χ4v) is 5.95. The largest absolute Gasteiger partial charge is 0.496 e. The van der Waals surface area contributed by atoms with Gasteiger partial charge in [-0.3, -0.25) is 4.90 Å². The molecule has 0 unspecified atom stereocenters. The van der Waals surface area contributed by atoms with Crippen molar-refractivity contribution < 1.29 is 24.2 Å². The molecule has 1 amide bonds. The van der Waals surface area contributed by atoms with E-state index in [2.05, 4.69) is 17.0 Å². The molecule has 6 rings (SSSR count). The minimum atomic E-state index is -0.956. The summed E-state index contributed by atoms with van der Waals surface area (Å²) in [7, 11) is 1.64. The SMILES string of the molecule is COc1ccc(-c2ccc(C(=O)O)cc2C)cc1-c1ccc(N2CCC2)nc1CN1C(=O)O[C@H](c2cccc(C)c2)[C@@H]1C. The van der Waals surface area contributed by atoms with Crippen LogP contribution in [0, 0.1) is 13.8 Å². The molecule has 3 aromatic carbocycles. The molecule has 0 bridgehead atoms. The molecule has 2 aliphatic heterocycles. The van der Waals surface area contributed by atoms with Gasteiger partial charge in [0.25, 0.3) is 0 Å². The van der Waals surface area contributed by atoms with Gasteiger partial charge in [-0.2, -0.15) is 0 Å². The number of carboxylic acids is 1. The van der Waals surface area contributed by atoms with Crippen molar-refractivity contribution in [1.82, 2.24) is 9.88 Å². The third-order valence-corrected chi connectivity index (χ3v) is 8.50. The molecule has 8 heteroatoms. The molecule has 2 saturated heterocycles. The number of carbonyl (C=O) groups excluding carboxylic acids is 1. The summed E-state index contributed by atoms with van der Waals surface area (Å²) in [5.74, 6) is 0.607. The first-order valence-corrected chi connectivity index (χ1v) is 14.5. The van der Waals surface area contributed by atoms with Crippen molar-refractivity contribution in [1.29, 1.82) is 0 Å². The number of ether oxygens (including phenoxy) is 2. The Kier molecular flexibility index (Phi) is 7.52. The molecule has 3 heterocycles. The first-order valence-electron chi connectivity index (χ1n) is 14.5. The van der Waals surface area contributed by atoms with Crippen LogP contribution in [-0.4, -0.2) is 53.3 Å². The first-order chi connectivity index (χ1) is 20.7. The number of hydrogen-bond donors (Lipinski definition) is 1. The molecule has 0 saturated carbocycles. The highest BCUT2D eigenvalue weighted by atomic mass is 16.6. The standard InChI is InChI=1S/C35H35N3O5/c1-21-7-5-8-25(17-21)33-23(3)38(35(41)43-33)20-30-28(12-14-32(36-30)37-15-6-16-37)29-19-24(10-13-31(29)42-4)27-11-9-26(34(39)40)18-22(27)2/h5,7-14,17-19,23,33H,6,15-16,20H2,1-4H3,(H,39,40)/t23-,33-/m0/s1. The van der Waals surface area contributed by atoms with Gasteiger partial charge in [0.1, 0.15) is 17.7 Å². The zero-order valence-electron chi connectivity index (χ0n) is 24.8. The molecule has 2 atom stereocenters. The normalized spacial score (nSPS) is 17.9. The van der Waals surface area contributed by atoms with Crippen molar-refractivity contribution in [2.45, 2.75) is 45.9 Å². The van der Waals surface area contributed by atoms with Crippen LogP contribution in [0.3, 0.4) is 0 Å². The zero-order valence-corrected chi connectivity index (χ0v) is 24.8. The van der Waals surface area contributed by atoms with Gasteiger partial charge >= 0.3 is 12.1 Å². The van der Waals surface area contributed by atoms with E-state index in [4.69, 9.17) is 14.5 Å². The maximum atomic E-state index is 13.3.